The van der Waals surface area contributed by atoms with Gasteiger partial charge in [0.1, 0.15) is 17.9 Å². The van der Waals surface area contributed by atoms with Crippen LogP contribution in [-0.4, -0.2) is 39.4 Å². The molecule has 0 radical (unpaired) electrons. The lowest BCUT2D eigenvalue weighted by Crippen LogP contribution is -2.08. The molecule has 4 heterocycles. The lowest BCUT2D eigenvalue weighted by Gasteiger charge is -2.15. The molecule has 0 N–H and O–H groups in total. The van der Waals surface area contributed by atoms with Crippen LogP contribution in [0.4, 0.5) is 0 Å². The number of hydrogen-bond donors (Lipinski definition) is 0. The van der Waals surface area contributed by atoms with Crippen molar-refractivity contribution >= 4 is 11.2 Å². The minimum absolute atomic E-state index is 0.651. The molecule has 5 rings (SSSR count). The van der Waals surface area contributed by atoms with Crippen molar-refractivity contribution in [2.24, 2.45) is 0 Å². The van der Waals surface area contributed by atoms with Crippen LogP contribution in [0.25, 0.3) is 11.2 Å². The fourth-order valence-electron chi connectivity index (χ4n) is 3.82. The van der Waals surface area contributed by atoms with E-state index < -0.39 is 0 Å². The molecular weight excluding hydrogens is 328 g/mol. The predicted molar refractivity (Wildman–Crippen MR) is 97.2 cm³/mol. The molecule has 0 saturated carbocycles. The number of fused-ring (bicyclic) bond motifs is 2. The third kappa shape index (κ3) is 2.66. The van der Waals surface area contributed by atoms with Gasteiger partial charge in [-0.15, -0.1) is 10.2 Å². The van der Waals surface area contributed by atoms with E-state index in [0.717, 1.165) is 61.7 Å². The highest BCUT2D eigenvalue weighted by Crippen LogP contribution is 2.29. The van der Waals surface area contributed by atoms with E-state index >= 15 is 0 Å². The van der Waals surface area contributed by atoms with Gasteiger partial charge < -0.3 is 9.47 Å². The van der Waals surface area contributed by atoms with E-state index in [1.54, 1.807) is 6.33 Å². The zero-order chi connectivity index (χ0) is 17.3. The lowest BCUT2D eigenvalue weighted by molar-refractivity contribution is 0.161. The van der Waals surface area contributed by atoms with E-state index in [0.29, 0.717) is 6.61 Å². The van der Waals surface area contributed by atoms with Crippen LogP contribution in [0.5, 0.6) is 5.75 Å². The number of rotatable bonds is 4. The Labute approximate surface area is 151 Å². The number of aryl methyl sites for hydroxylation is 2. The molecule has 0 atom stereocenters. The fourth-order valence-corrected chi connectivity index (χ4v) is 3.82. The average molecular weight is 348 g/mol. The lowest BCUT2D eigenvalue weighted by atomic mass is 10.0. The predicted octanol–water partition coefficient (Wildman–Crippen LogP) is 2.65. The Hall–Kier alpha value is -2.73. The second-order valence-corrected chi connectivity index (χ2v) is 6.66. The van der Waals surface area contributed by atoms with Gasteiger partial charge in [-0.1, -0.05) is 18.2 Å². The van der Waals surface area contributed by atoms with Crippen LogP contribution in [-0.2, 0) is 24.0 Å². The molecule has 3 aromatic rings. The van der Waals surface area contributed by atoms with Crippen molar-refractivity contribution in [3.63, 3.8) is 0 Å². The molecule has 2 aliphatic heterocycles. The first-order chi connectivity index (χ1) is 12.9. The van der Waals surface area contributed by atoms with E-state index in [4.69, 9.17) is 14.5 Å². The maximum absolute atomic E-state index is 5.67. The molecule has 0 spiro atoms. The normalized spacial score (nSPS) is 16.4. The number of nitrogens with zero attached hydrogens (tertiary/aromatic N) is 4. The Kier molecular flexibility index (Phi) is 3.90. The molecule has 6 heteroatoms. The van der Waals surface area contributed by atoms with Crippen molar-refractivity contribution in [1.82, 2.24) is 19.6 Å². The van der Waals surface area contributed by atoms with E-state index in [2.05, 4.69) is 34.5 Å². The molecule has 0 fully saturated rings. The van der Waals surface area contributed by atoms with Gasteiger partial charge in [0.15, 0.2) is 5.65 Å². The maximum atomic E-state index is 5.67. The number of aromatic nitrogens is 4. The van der Waals surface area contributed by atoms with Crippen LogP contribution in [0.1, 0.15) is 28.9 Å². The van der Waals surface area contributed by atoms with Crippen LogP contribution in [0, 0.1) is 0 Å². The van der Waals surface area contributed by atoms with E-state index in [1.165, 1.54) is 16.7 Å². The molecule has 0 amide bonds. The fraction of sp³-hybridized carbons (Fsp3) is 0.350. The summed E-state index contributed by atoms with van der Waals surface area (Å²) >= 11 is 0. The van der Waals surface area contributed by atoms with Crippen LogP contribution in [0.3, 0.4) is 0 Å². The summed E-state index contributed by atoms with van der Waals surface area (Å²) in [5, 5.41) is 8.46. The summed E-state index contributed by atoms with van der Waals surface area (Å²) in [5.41, 5.74) is 5.87. The molecule has 0 saturated heterocycles. The summed E-state index contributed by atoms with van der Waals surface area (Å²) in [7, 11) is 0. The monoisotopic (exact) mass is 348 g/mol. The number of benzene rings is 1. The highest BCUT2D eigenvalue weighted by atomic mass is 16.5. The van der Waals surface area contributed by atoms with Gasteiger partial charge in [0.2, 0.25) is 0 Å². The van der Waals surface area contributed by atoms with Crippen molar-refractivity contribution < 1.29 is 9.47 Å². The summed E-state index contributed by atoms with van der Waals surface area (Å²) in [4.78, 5) is 4.73. The van der Waals surface area contributed by atoms with E-state index in [9.17, 15) is 0 Å². The Morgan fingerprint density at radius 2 is 2.12 bits per heavy atom. The van der Waals surface area contributed by atoms with Gasteiger partial charge in [0.25, 0.3) is 0 Å². The maximum Gasteiger partial charge on any atom is 0.171 e. The Morgan fingerprint density at radius 1 is 1.12 bits per heavy atom. The molecule has 0 bridgehead atoms. The van der Waals surface area contributed by atoms with Crippen LogP contribution < -0.4 is 4.74 Å². The van der Waals surface area contributed by atoms with Gasteiger partial charge >= 0.3 is 0 Å². The Morgan fingerprint density at radius 3 is 3.04 bits per heavy atom. The summed E-state index contributed by atoms with van der Waals surface area (Å²) in [6.07, 6.45) is 9.47. The van der Waals surface area contributed by atoms with E-state index in [1.807, 2.05) is 10.6 Å². The Bertz CT molecular complexity index is 993. The molecule has 2 aliphatic rings. The minimum atomic E-state index is 0.651. The van der Waals surface area contributed by atoms with Crippen molar-refractivity contribution in [3.8, 4) is 5.75 Å². The molecule has 132 valence electrons. The van der Waals surface area contributed by atoms with Gasteiger partial charge in [-0.25, -0.2) is 4.98 Å². The quantitative estimate of drug-likeness (QED) is 0.725. The van der Waals surface area contributed by atoms with Gasteiger partial charge in [-0.3, -0.25) is 4.40 Å². The zero-order valence-corrected chi connectivity index (χ0v) is 14.5. The highest BCUT2D eigenvalue weighted by Gasteiger charge is 2.17. The molecule has 6 nitrogen and oxygen atoms in total. The largest absolute Gasteiger partial charge is 0.493 e. The van der Waals surface area contributed by atoms with Crippen molar-refractivity contribution in [2.75, 3.05) is 19.8 Å². The summed E-state index contributed by atoms with van der Waals surface area (Å²) in [6.45, 7) is 2.18. The van der Waals surface area contributed by atoms with Gasteiger partial charge in [0, 0.05) is 30.2 Å². The van der Waals surface area contributed by atoms with Crippen molar-refractivity contribution in [3.05, 3.63) is 59.3 Å². The topological polar surface area (TPSA) is 61.5 Å². The standard InChI is InChI=1S/C20H20N4O2/c1-2-14(16-8-11-26-18(16)3-1)4-5-19-21-12-17(15-6-9-25-10-7-15)20-23-22-13-24(19)20/h1-3,6,12-13H,4-5,7-11H2. The van der Waals surface area contributed by atoms with Crippen LogP contribution in [0.15, 0.2) is 36.8 Å². The molecule has 0 unspecified atom stereocenters. The molecule has 0 aliphatic carbocycles. The second-order valence-electron chi connectivity index (χ2n) is 6.66. The highest BCUT2D eigenvalue weighted by molar-refractivity contribution is 5.75. The minimum Gasteiger partial charge on any atom is -0.493 e. The molecule has 2 aromatic heterocycles. The first kappa shape index (κ1) is 15.5. The summed E-state index contributed by atoms with van der Waals surface area (Å²) in [6, 6.07) is 6.32. The van der Waals surface area contributed by atoms with Crippen molar-refractivity contribution in [1.29, 1.82) is 0 Å². The first-order valence-electron chi connectivity index (χ1n) is 9.08. The first-order valence-corrected chi connectivity index (χ1v) is 9.08. The van der Waals surface area contributed by atoms with Gasteiger partial charge in [-0.2, -0.15) is 0 Å². The number of hydrogen-bond acceptors (Lipinski definition) is 5. The Balaban J connectivity index is 1.45. The molecular formula is C20H20N4O2. The van der Waals surface area contributed by atoms with E-state index in [-0.39, 0.29) is 0 Å². The smallest absolute Gasteiger partial charge is 0.171 e. The zero-order valence-electron chi connectivity index (χ0n) is 14.5. The second kappa shape index (κ2) is 6.53. The summed E-state index contributed by atoms with van der Waals surface area (Å²) < 4.78 is 13.1. The third-order valence-electron chi connectivity index (χ3n) is 5.18. The van der Waals surface area contributed by atoms with Gasteiger partial charge in [-0.05, 0) is 30.0 Å². The molecule has 1 aromatic carbocycles. The van der Waals surface area contributed by atoms with Gasteiger partial charge in [0.05, 0.1) is 19.8 Å². The van der Waals surface area contributed by atoms with Crippen LogP contribution >= 0.6 is 0 Å². The molecule has 26 heavy (non-hydrogen) atoms. The SMILES string of the molecule is C1=C(c2cnc(CCc3cccc4c3CCO4)n3cnnc23)CCOC1. The van der Waals surface area contributed by atoms with Crippen LogP contribution in [0.2, 0.25) is 0 Å². The third-order valence-corrected chi connectivity index (χ3v) is 5.18. The van der Waals surface area contributed by atoms with Crippen molar-refractivity contribution in [2.45, 2.75) is 25.7 Å². The average Bonchev–Trinajstić information content (AvgIpc) is 3.36. The summed E-state index contributed by atoms with van der Waals surface area (Å²) in [5.74, 6) is 2.02. The number of ether oxygens (including phenoxy) is 2.